The van der Waals surface area contributed by atoms with E-state index in [1.54, 1.807) is 36.1 Å². The Kier molecular flexibility index (Phi) is 8.06. The second-order valence-corrected chi connectivity index (χ2v) is 8.35. The number of nitrogens with two attached hydrogens (primary N) is 1. The summed E-state index contributed by atoms with van der Waals surface area (Å²) < 4.78 is 31.9. The molecule has 0 saturated carbocycles. The number of ether oxygens (including phenoxy) is 1. The zero-order valence-electron chi connectivity index (χ0n) is 16.3. The van der Waals surface area contributed by atoms with Gasteiger partial charge in [0.25, 0.3) is 0 Å². The second kappa shape index (κ2) is 10.3. The first-order valence-electron chi connectivity index (χ1n) is 9.36. The number of guanidine groups is 1. The predicted octanol–water partition coefficient (Wildman–Crippen LogP) is 0.799. The highest BCUT2D eigenvalue weighted by Crippen LogP contribution is 2.11. The molecule has 1 amide bonds. The molecule has 0 aromatic heterocycles. The number of amides is 1. The topological polar surface area (TPSA) is 126 Å². The monoisotopic (exact) mass is 411 g/mol. The Hall–Kier alpha value is -2.33. The van der Waals surface area contributed by atoms with Crippen molar-refractivity contribution < 1.29 is 17.9 Å². The van der Waals surface area contributed by atoms with Crippen molar-refractivity contribution in [2.75, 3.05) is 32.8 Å². The van der Waals surface area contributed by atoms with E-state index in [9.17, 15) is 13.2 Å². The van der Waals surface area contributed by atoms with Gasteiger partial charge >= 0.3 is 6.09 Å². The molecule has 9 nitrogen and oxygen atoms in total. The van der Waals surface area contributed by atoms with Crippen molar-refractivity contribution in [3.63, 3.8) is 0 Å². The van der Waals surface area contributed by atoms with Gasteiger partial charge in [-0.15, -0.1) is 0 Å². The van der Waals surface area contributed by atoms with Crippen LogP contribution in [0, 0.1) is 6.92 Å². The number of aryl methyl sites for hydroxylation is 1. The fourth-order valence-corrected chi connectivity index (χ4v) is 3.85. The predicted molar refractivity (Wildman–Crippen MR) is 108 cm³/mol. The van der Waals surface area contributed by atoms with Crippen LogP contribution in [0.25, 0.3) is 0 Å². The Morgan fingerprint density at radius 2 is 1.93 bits per heavy atom. The van der Waals surface area contributed by atoms with Gasteiger partial charge in [-0.3, -0.25) is 4.99 Å². The molecule has 0 aliphatic carbocycles. The minimum atomic E-state index is -3.55. The highest BCUT2D eigenvalue weighted by Gasteiger charge is 2.23. The molecule has 1 aromatic carbocycles. The molecule has 1 fully saturated rings. The van der Waals surface area contributed by atoms with E-state index in [2.05, 4.69) is 15.0 Å². The molecule has 0 unspecified atom stereocenters. The lowest BCUT2D eigenvalue weighted by Gasteiger charge is -2.31. The van der Waals surface area contributed by atoms with Crippen LogP contribution in [0.15, 0.2) is 34.2 Å². The highest BCUT2D eigenvalue weighted by atomic mass is 32.2. The summed E-state index contributed by atoms with van der Waals surface area (Å²) in [6.07, 6.45) is 1.20. The molecule has 1 saturated heterocycles. The van der Waals surface area contributed by atoms with Crippen molar-refractivity contribution in [3.05, 3.63) is 29.8 Å². The Bertz CT molecular complexity index is 772. The number of likely N-dealkylation sites (tertiary alicyclic amines) is 1. The quantitative estimate of drug-likeness (QED) is 0.346. The third kappa shape index (κ3) is 6.68. The Morgan fingerprint density at radius 1 is 1.29 bits per heavy atom. The lowest BCUT2D eigenvalue weighted by atomic mass is 10.1. The van der Waals surface area contributed by atoms with Crippen molar-refractivity contribution in [2.24, 2.45) is 10.7 Å². The van der Waals surface area contributed by atoms with Gasteiger partial charge in [-0.25, -0.2) is 17.9 Å². The van der Waals surface area contributed by atoms with Crippen LogP contribution in [-0.2, 0) is 14.8 Å². The molecule has 1 aliphatic heterocycles. The molecule has 0 atom stereocenters. The summed E-state index contributed by atoms with van der Waals surface area (Å²) in [5, 5.41) is 3.12. The fraction of sp³-hybridized carbons (Fsp3) is 0.556. The zero-order valence-corrected chi connectivity index (χ0v) is 17.2. The molecule has 10 heteroatoms. The maximum Gasteiger partial charge on any atom is 0.409 e. The third-order valence-corrected chi connectivity index (χ3v) is 5.87. The number of hydrogen-bond acceptors (Lipinski definition) is 5. The molecule has 156 valence electrons. The van der Waals surface area contributed by atoms with Gasteiger partial charge in [-0.05, 0) is 38.8 Å². The first-order chi connectivity index (χ1) is 13.3. The smallest absolute Gasteiger partial charge is 0.409 e. The lowest BCUT2D eigenvalue weighted by molar-refractivity contribution is 0.0963. The summed E-state index contributed by atoms with van der Waals surface area (Å²) in [6, 6.07) is 6.77. The Balaban J connectivity index is 1.72. The minimum absolute atomic E-state index is 0.124. The summed E-state index contributed by atoms with van der Waals surface area (Å²) in [6.45, 7) is 5.62. The SMILES string of the molecule is CCOC(=O)N1CCC(NC(N)=NCCNS(=O)(=O)c2ccc(C)cc2)CC1. The average molecular weight is 412 g/mol. The Morgan fingerprint density at radius 3 is 2.54 bits per heavy atom. The number of aliphatic imine (C=N–C) groups is 1. The number of carbonyl (C=O) groups is 1. The normalized spacial score (nSPS) is 16.1. The number of piperidine rings is 1. The molecule has 0 spiro atoms. The second-order valence-electron chi connectivity index (χ2n) is 6.58. The molecule has 0 bridgehead atoms. The molecular weight excluding hydrogens is 382 g/mol. The van der Waals surface area contributed by atoms with E-state index in [0.29, 0.717) is 19.7 Å². The number of nitrogens with one attached hydrogen (secondary N) is 2. The van der Waals surface area contributed by atoms with Gasteiger partial charge in [0.1, 0.15) is 0 Å². The number of sulfonamides is 1. The van der Waals surface area contributed by atoms with Gasteiger partial charge in [0.2, 0.25) is 10.0 Å². The molecule has 2 rings (SSSR count). The van der Waals surface area contributed by atoms with Gasteiger partial charge in [-0.1, -0.05) is 17.7 Å². The van der Waals surface area contributed by atoms with Crippen LogP contribution in [0.2, 0.25) is 0 Å². The summed E-state index contributed by atoms with van der Waals surface area (Å²) in [4.78, 5) is 17.7. The van der Waals surface area contributed by atoms with Crippen molar-refractivity contribution in [1.82, 2.24) is 14.9 Å². The van der Waals surface area contributed by atoms with E-state index in [1.165, 1.54) is 0 Å². The molecular formula is C18H29N5O4S. The van der Waals surface area contributed by atoms with Crippen molar-refractivity contribution in [3.8, 4) is 0 Å². The number of benzene rings is 1. The molecule has 0 radical (unpaired) electrons. The number of nitrogens with zero attached hydrogens (tertiary/aromatic N) is 2. The maximum atomic E-state index is 12.2. The van der Waals surface area contributed by atoms with Crippen LogP contribution < -0.4 is 15.8 Å². The van der Waals surface area contributed by atoms with Gasteiger partial charge in [0.05, 0.1) is 18.0 Å². The van der Waals surface area contributed by atoms with Crippen LogP contribution in [0.4, 0.5) is 4.79 Å². The molecule has 28 heavy (non-hydrogen) atoms. The van der Waals surface area contributed by atoms with Crippen LogP contribution in [0.3, 0.4) is 0 Å². The van der Waals surface area contributed by atoms with E-state index in [1.807, 2.05) is 6.92 Å². The van der Waals surface area contributed by atoms with Crippen molar-refractivity contribution in [2.45, 2.75) is 37.6 Å². The van der Waals surface area contributed by atoms with Gasteiger partial charge in [0, 0.05) is 25.7 Å². The minimum Gasteiger partial charge on any atom is -0.450 e. The van der Waals surface area contributed by atoms with Crippen LogP contribution in [0.1, 0.15) is 25.3 Å². The highest BCUT2D eigenvalue weighted by molar-refractivity contribution is 7.89. The van der Waals surface area contributed by atoms with E-state index >= 15 is 0 Å². The largest absolute Gasteiger partial charge is 0.450 e. The van der Waals surface area contributed by atoms with Crippen LogP contribution in [-0.4, -0.2) is 64.2 Å². The van der Waals surface area contributed by atoms with Crippen molar-refractivity contribution in [1.29, 1.82) is 0 Å². The molecule has 1 aliphatic rings. The van der Waals surface area contributed by atoms with Gasteiger partial charge in [0.15, 0.2) is 5.96 Å². The Labute approximate surface area is 166 Å². The van der Waals surface area contributed by atoms with Gasteiger partial charge < -0.3 is 20.7 Å². The summed E-state index contributed by atoms with van der Waals surface area (Å²) in [5.41, 5.74) is 6.88. The first kappa shape index (κ1) is 22.0. The lowest BCUT2D eigenvalue weighted by Crippen LogP contribution is -2.48. The zero-order chi connectivity index (χ0) is 20.6. The summed E-state index contributed by atoms with van der Waals surface area (Å²) >= 11 is 0. The van der Waals surface area contributed by atoms with E-state index in [4.69, 9.17) is 10.5 Å². The van der Waals surface area contributed by atoms with Crippen LogP contribution >= 0.6 is 0 Å². The van der Waals surface area contributed by atoms with Gasteiger partial charge in [-0.2, -0.15) is 0 Å². The fourth-order valence-electron chi connectivity index (χ4n) is 2.83. The number of carbonyl (C=O) groups excluding carboxylic acids is 1. The average Bonchev–Trinajstić information content (AvgIpc) is 2.66. The molecule has 1 aromatic rings. The van der Waals surface area contributed by atoms with E-state index in [0.717, 1.165) is 18.4 Å². The van der Waals surface area contributed by atoms with E-state index < -0.39 is 10.0 Å². The first-order valence-corrected chi connectivity index (χ1v) is 10.8. The van der Waals surface area contributed by atoms with E-state index in [-0.39, 0.29) is 36.1 Å². The standard InChI is InChI=1S/C18H29N5O4S/c1-3-27-18(24)23-12-8-15(9-13-23)22-17(19)20-10-11-21-28(25,26)16-6-4-14(2)5-7-16/h4-7,15,21H,3,8-13H2,1-2H3,(H3,19,20,22). The third-order valence-electron chi connectivity index (χ3n) is 4.39. The molecule has 1 heterocycles. The molecule has 4 N–H and O–H groups in total. The maximum absolute atomic E-state index is 12.2. The van der Waals surface area contributed by atoms with Crippen molar-refractivity contribution >= 4 is 22.1 Å². The number of rotatable bonds is 7. The summed E-state index contributed by atoms with van der Waals surface area (Å²) in [5.74, 6) is 0.268. The summed E-state index contributed by atoms with van der Waals surface area (Å²) in [7, 11) is -3.55. The number of hydrogen-bond donors (Lipinski definition) is 3. The van der Waals surface area contributed by atoms with Crippen LogP contribution in [0.5, 0.6) is 0 Å².